The molecule has 0 saturated carbocycles. The minimum Gasteiger partial charge on any atom is -0.323 e. The summed E-state index contributed by atoms with van der Waals surface area (Å²) >= 11 is 0. The van der Waals surface area contributed by atoms with Crippen molar-refractivity contribution in [2.24, 2.45) is 0 Å². The Balaban J connectivity index is 1.33. The maximum Gasteiger partial charge on any atom is 0.0964 e. The first-order valence-corrected chi connectivity index (χ1v) is 14.2. The molecule has 0 bridgehead atoms. The van der Waals surface area contributed by atoms with E-state index in [1.165, 1.54) is 49.3 Å². The van der Waals surface area contributed by atoms with Crippen LogP contribution >= 0.6 is 0 Å². The van der Waals surface area contributed by atoms with Crippen molar-refractivity contribution in [3.05, 3.63) is 140 Å². The third-order valence-corrected chi connectivity index (χ3v) is 8.61. The van der Waals surface area contributed by atoms with Crippen molar-refractivity contribution in [3.63, 3.8) is 0 Å². The smallest absolute Gasteiger partial charge is 0.0964 e. The van der Waals surface area contributed by atoms with Gasteiger partial charge < -0.3 is 13.7 Å². The summed E-state index contributed by atoms with van der Waals surface area (Å²) in [6.45, 7) is 0. The van der Waals surface area contributed by atoms with Crippen molar-refractivity contribution in [1.82, 2.24) is 18.7 Å². The molecule has 0 fully saturated rings. The molecular formula is C37H26N4. The lowest BCUT2D eigenvalue weighted by atomic mass is 10.1. The van der Waals surface area contributed by atoms with Crippen LogP contribution in [0.4, 0.5) is 0 Å². The molecular weight excluding hydrogens is 500 g/mol. The van der Waals surface area contributed by atoms with E-state index in [0.29, 0.717) is 6.04 Å². The molecule has 1 aliphatic carbocycles. The molecule has 0 radical (unpaired) electrons. The number of imidazole rings is 1. The first-order valence-electron chi connectivity index (χ1n) is 14.2. The van der Waals surface area contributed by atoms with Crippen molar-refractivity contribution in [1.29, 1.82) is 0 Å². The second-order valence-electron chi connectivity index (χ2n) is 10.9. The van der Waals surface area contributed by atoms with Crippen LogP contribution in [0.2, 0.25) is 0 Å². The Labute approximate surface area is 236 Å². The van der Waals surface area contributed by atoms with E-state index < -0.39 is 0 Å². The van der Waals surface area contributed by atoms with Gasteiger partial charge in [-0.2, -0.15) is 0 Å². The Morgan fingerprint density at radius 1 is 0.537 bits per heavy atom. The second kappa shape index (κ2) is 8.57. The molecule has 3 aromatic heterocycles. The lowest BCUT2D eigenvalue weighted by Gasteiger charge is -2.16. The van der Waals surface area contributed by atoms with Crippen LogP contribution in [0.1, 0.15) is 12.5 Å². The SMILES string of the molecule is C1=CCC(n2cnc3cc(-n4c5ccccc5c5cc6c(cc54)c4ccccc4n6-c4ccccc4)ccc32)C=C1. The van der Waals surface area contributed by atoms with Crippen LogP contribution < -0.4 is 0 Å². The van der Waals surface area contributed by atoms with Crippen molar-refractivity contribution in [3.8, 4) is 11.4 Å². The summed E-state index contributed by atoms with van der Waals surface area (Å²) < 4.78 is 7.08. The van der Waals surface area contributed by atoms with Crippen molar-refractivity contribution < 1.29 is 0 Å². The van der Waals surface area contributed by atoms with Gasteiger partial charge in [-0.3, -0.25) is 0 Å². The Hall–Kier alpha value is -5.35. The highest BCUT2D eigenvalue weighted by Gasteiger charge is 2.19. The largest absolute Gasteiger partial charge is 0.323 e. The van der Waals surface area contributed by atoms with Crippen LogP contribution in [0.15, 0.2) is 140 Å². The average Bonchev–Trinajstić information content (AvgIpc) is 3.70. The van der Waals surface area contributed by atoms with E-state index in [0.717, 1.165) is 23.1 Å². The zero-order valence-electron chi connectivity index (χ0n) is 22.4. The molecule has 41 heavy (non-hydrogen) atoms. The fourth-order valence-corrected chi connectivity index (χ4v) is 6.76. The van der Waals surface area contributed by atoms with E-state index in [2.05, 4.69) is 147 Å². The predicted octanol–water partition coefficient (Wildman–Crippen LogP) is 9.29. The van der Waals surface area contributed by atoms with E-state index in [9.17, 15) is 0 Å². The Bertz CT molecular complexity index is 2340. The third kappa shape index (κ3) is 3.25. The standard InChI is InChI=1S/C37H26N4/c1-3-11-25(12-4-1)39-24-38-32-21-27(19-20-35(32)39)41-34-18-10-8-16-29(34)31-22-36-30(23-37(31)41)28-15-7-9-17-33(28)40(36)26-13-5-2-6-14-26/h1-11,13-25H,12H2. The van der Waals surface area contributed by atoms with Crippen LogP contribution in [0.25, 0.3) is 66.0 Å². The van der Waals surface area contributed by atoms with E-state index in [1.807, 2.05) is 6.33 Å². The molecule has 4 nitrogen and oxygen atoms in total. The molecule has 3 heterocycles. The summed E-state index contributed by atoms with van der Waals surface area (Å²) in [5.41, 5.74) is 9.31. The number of rotatable bonds is 3. The van der Waals surface area contributed by atoms with E-state index in [-0.39, 0.29) is 0 Å². The summed E-state index contributed by atoms with van der Waals surface area (Å²) in [5.74, 6) is 0. The zero-order valence-corrected chi connectivity index (χ0v) is 22.4. The predicted molar refractivity (Wildman–Crippen MR) is 170 cm³/mol. The molecule has 1 atom stereocenters. The number of benzene rings is 5. The maximum atomic E-state index is 4.84. The van der Waals surface area contributed by atoms with Gasteiger partial charge in [-0.1, -0.05) is 78.9 Å². The van der Waals surface area contributed by atoms with Crippen molar-refractivity contribution in [2.45, 2.75) is 12.5 Å². The normalized spacial score (nSPS) is 15.3. The Kier molecular flexibility index (Phi) is 4.70. The van der Waals surface area contributed by atoms with Gasteiger partial charge in [-0.15, -0.1) is 0 Å². The monoisotopic (exact) mass is 526 g/mol. The van der Waals surface area contributed by atoms with Crippen molar-refractivity contribution >= 4 is 54.6 Å². The minimum atomic E-state index is 0.305. The van der Waals surface area contributed by atoms with E-state index in [4.69, 9.17) is 4.98 Å². The Morgan fingerprint density at radius 2 is 1.20 bits per heavy atom. The number of aromatic nitrogens is 4. The number of hydrogen-bond acceptors (Lipinski definition) is 1. The van der Waals surface area contributed by atoms with Gasteiger partial charge in [0.1, 0.15) is 0 Å². The minimum absolute atomic E-state index is 0.305. The summed E-state index contributed by atoms with van der Waals surface area (Å²) in [5, 5.41) is 5.01. The van der Waals surface area contributed by atoms with Crippen molar-refractivity contribution in [2.75, 3.05) is 0 Å². The average molecular weight is 527 g/mol. The lowest BCUT2D eigenvalue weighted by Crippen LogP contribution is -2.05. The Morgan fingerprint density at radius 3 is 1.88 bits per heavy atom. The van der Waals surface area contributed by atoms with Crippen LogP contribution in [0, 0.1) is 0 Å². The highest BCUT2D eigenvalue weighted by Crippen LogP contribution is 2.39. The van der Waals surface area contributed by atoms with Gasteiger partial charge in [0, 0.05) is 32.9 Å². The van der Waals surface area contributed by atoms with Gasteiger partial charge in [0.15, 0.2) is 0 Å². The molecule has 0 spiro atoms. The van der Waals surface area contributed by atoms with Gasteiger partial charge in [-0.25, -0.2) is 4.98 Å². The fraction of sp³-hybridized carbons (Fsp3) is 0.0541. The van der Waals surface area contributed by atoms with E-state index >= 15 is 0 Å². The molecule has 8 aromatic rings. The lowest BCUT2D eigenvalue weighted by molar-refractivity contribution is 0.624. The summed E-state index contributed by atoms with van der Waals surface area (Å²) in [4.78, 5) is 4.84. The molecule has 0 saturated heterocycles. The summed E-state index contributed by atoms with van der Waals surface area (Å²) in [6.07, 6.45) is 11.7. The topological polar surface area (TPSA) is 27.7 Å². The first-order chi connectivity index (χ1) is 20.3. The van der Waals surface area contributed by atoms with Gasteiger partial charge in [-0.05, 0) is 61.0 Å². The summed E-state index contributed by atoms with van der Waals surface area (Å²) in [6, 6.07) is 39.9. The number of allylic oxidation sites excluding steroid dienone is 4. The van der Waals surface area contributed by atoms with Crippen LogP contribution in [0.3, 0.4) is 0 Å². The number of para-hydroxylation sites is 3. The molecule has 4 heteroatoms. The summed E-state index contributed by atoms with van der Waals surface area (Å²) in [7, 11) is 0. The molecule has 194 valence electrons. The molecule has 0 aliphatic heterocycles. The molecule has 0 amide bonds. The number of fused-ring (bicyclic) bond motifs is 7. The second-order valence-corrected chi connectivity index (χ2v) is 10.9. The van der Waals surface area contributed by atoms with Crippen LogP contribution in [-0.2, 0) is 0 Å². The number of hydrogen-bond donors (Lipinski definition) is 0. The number of nitrogens with zero attached hydrogens (tertiary/aromatic N) is 4. The fourth-order valence-electron chi connectivity index (χ4n) is 6.76. The van der Waals surface area contributed by atoms with Crippen LogP contribution in [-0.4, -0.2) is 18.7 Å². The molecule has 5 aromatic carbocycles. The molecule has 9 rings (SSSR count). The molecule has 1 unspecified atom stereocenters. The zero-order chi connectivity index (χ0) is 26.9. The highest BCUT2D eigenvalue weighted by molar-refractivity contribution is 6.19. The van der Waals surface area contributed by atoms with E-state index in [1.54, 1.807) is 0 Å². The first kappa shape index (κ1) is 22.5. The van der Waals surface area contributed by atoms with Gasteiger partial charge in [0.05, 0.1) is 45.5 Å². The molecule has 0 N–H and O–H groups in total. The van der Waals surface area contributed by atoms with Crippen LogP contribution in [0.5, 0.6) is 0 Å². The van der Waals surface area contributed by atoms with Gasteiger partial charge in [0.2, 0.25) is 0 Å². The third-order valence-electron chi connectivity index (χ3n) is 8.61. The van der Waals surface area contributed by atoms with Gasteiger partial charge in [0.25, 0.3) is 0 Å². The van der Waals surface area contributed by atoms with Gasteiger partial charge >= 0.3 is 0 Å². The highest BCUT2D eigenvalue weighted by atomic mass is 15.1. The quantitative estimate of drug-likeness (QED) is 0.225. The maximum absolute atomic E-state index is 4.84. The molecule has 1 aliphatic rings.